The monoisotopic (exact) mass is 546 g/mol. The van der Waals surface area contributed by atoms with Crippen LogP contribution >= 0.6 is 15.9 Å². The number of ketones is 1. The maximum absolute atomic E-state index is 14.7. The molecular formula is C28H20BrFN2O4. The fourth-order valence-electron chi connectivity index (χ4n) is 5.67. The molecule has 6 rings (SSSR count). The zero-order valence-electron chi connectivity index (χ0n) is 19.1. The van der Waals surface area contributed by atoms with Crippen molar-refractivity contribution in [2.75, 3.05) is 16.9 Å². The molecule has 3 aromatic carbocycles. The van der Waals surface area contributed by atoms with Crippen LogP contribution < -0.4 is 14.5 Å². The van der Waals surface area contributed by atoms with Gasteiger partial charge in [0, 0.05) is 11.3 Å². The van der Waals surface area contributed by atoms with Crippen molar-refractivity contribution in [3.05, 3.63) is 94.2 Å². The van der Waals surface area contributed by atoms with Crippen molar-refractivity contribution in [1.82, 2.24) is 0 Å². The number of benzene rings is 3. The Kier molecular flexibility index (Phi) is 5.30. The number of ether oxygens (including phenoxy) is 1. The molecule has 0 N–H and O–H groups in total. The second-order valence-corrected chi connectivity index (χ2v) is 9.84. The Hall–Kier alpha value is -3.78. The Balaban J connectivity index is 1.50. The molecule has 6 nitrogen and oxygen atoms in total. The quantitative estimate of drug-likeness (QED) is 0.345. The van der Waals surface area contributed by atoms with Crippen LogP contribution in [0.15, 0.2) is 77.3 Å². The van der Waals surface area contributed by atoms with Gasteiger partial charge in [0.05, 0.1) is 35.1 Å². The molecule has 3 aliphatic heterocycles. The average Bonchev–Trinajstić information content (AvgIpc) is 3.36. The third-order valence-corrected chi connectivity index (χ3v) is 7.83. The Bertz CT molecular complexity index is 1470. The first-order valence-corrected chi connectivity index (χ1v) is 12.3. The van der Waals surface area contributed by atoms with Gasteiger partial charge in [-0.25, -0.2) is 9.29 Å². The predicted molar refractivity (Wildman–Crippen MR) is 136 cm³/mol. The highest BCUT2D eigenvalue weighted by Crippen LogP contribution is 2.50. The van der Waals surface area contributed by atoms with Crippen molar-refractivity contribution in [3.63, 3.8) is 0 Å². The molecule has 0 radical (unpaired) electrons. The summed E-state index contributed by atoms with van der Waals surface area (Å²) in [6.07, 6.45) is 3.78. The summed E-state index contributed by atoms with van der Waals surface area (Å²) in [5.41, 5.74) is 1.97. The largest absolute Gasteiger partial charge is 0.496 e. The maximum Gasteiger partial charge on any atom is 0.240 e. The van der Waals surface area contributed by atoms with Crippen LogP contribution in [0.25, 0.3) is 6.08 Å². The van der Waals surface area contributed by atoms with Crippen molar-refractivity contribution >= 4 is 51.0 Å². The molecule has 36 heavy (non-hydrogen) atoms. The van der Waals surface area contributed by atoms with E-state index in [1.807, 2.05) is 41.3 Å². The molecule has 8 heteroatoms. The highest BCUT2D eigenvalue weighted by Gasteiger charge is 2.64. The van der Waals surface area contributed by atoms with Gasteiger partial charge in [0.1, 0.15) is 17.6 Å². The number of rotatable bonds is 4. The second kappa shape index (κ2) is 8.41. The molecule has 0 aliphatic carbocycles. The second-order valence-electron chi connectivity index (χ2n) is 8.99. The SMILES string of the molecule is COc1ccc(C(=O)[C@H]2[C@H]3C(=O)N(c4ccccc4F)C(=O)[C@H]3[C@@H]3C=Cc4ccccc4N32)cc1Br. The lowest BCUT2D eigenvalue weighted by atomic mass is 9.86. The number of Topliss-reactive ketones (excluding diaryl/α,β-unsaturated/α-hetero) is 1. The molecule has 3 aromatic rings. The number of amides is 2. The van der Waals surface area contributed by atoms with E-state index in [1.54, 1.807) is 24.3 Å². The van der Waals surface area contributed by atoms with Crippen molar-refractivity contribution in [2.24, 2.45) is 11.8 Å². The van der Waals surface area contributed by atoms with Gasteiger partial charge in [-0.05, 0) is 57.9 Å². The van der Waals surface area contributed by atoms with E-state index in [2.05, 4.69) is 15.9 Å². The standard InChI is InChI=1S/C28H20BrFN2O4/c1-36-22-13-11-16(14-17(22)29)26(33)25-24-23(21-12-10-15-6-2-4-8-19(15)31(21)25)27(34)32(28(24)35)20-9-5-3-7-18(20)30/h2-14,21,23-25H,1H3/t21-,23-,24-,25+/m0/s1. The summed E-state index contributed by atoms with van der Waals surface area (Å²) in [7, 11) is 1.53. The van der Waals surface area contributed by atoms with Gasteiger partial charge in [-0.2, -0.15) is 0 Å². The number of fused-ring (bicyclic) bond motifs is 5. The number of hydrogen-bond donors (Lipinski definition) is 0. The summed E-state index contributed by atoms with van der Waals surface area (Å²) < 4.78 is 20.6. The van der Waals surface area contributed by atoms with Crippen molar-refractivity contribution in [1.29, 1.82) is 0 Å². The van der Waals surface area contributed by atoms with Crippen LogP contribution in [0.5, 0.6) is 5.75 Å². The molecule has 0 aromatic heterocycles. The first kappa shape index (κ1) is 22.7. The van der Waals surface area contributed by atoms with E-state index in [4.69, 9.17) is 4.74 Å². The lowest BCUT2D eigenvalue weighted by Crippen LogP contribution is -2.49. The van der Waals surface area contributed by atoms with E-state index < -0.39 is 41.6 Å². The summed E-state index contributed by atoms with van der Waals surface area (Å²) in [5.74, 6) is -3.25. The number of halogens is 2. The van der Waals surface area contributed by atoms with Crippen molar-refractivity contribution in [2.45, 2.75) is 12.1 Å². The zero-order chi connectivity index (χ0) is 25.1. The van der Waals surface area contributed by atoms with Crippen molar-refractivity contribution < 1.29 is 23.5 Å². The molecule has 2 amide bonds. The summed E-state index contributed by atoms with van der Waals surface area (Å²) in [6, 6.07) is 16.8. The minimum atomic E-state index is -0.966. The van der Waals surface area contributed by atoms with E-state index in [0.29, 0.717) is 15.8 Å². The van der Waals surface area contributed by atoms with Gasteiger partial charge in [-0.15, -0.1) is 0 Å². The lowest BCUT2D eigenvalue weighted by Gasteiger charge is -2.36. The first-order valence-electron chi connectivity index (χ1n) is 11.5. The Morgan fingerprint density at radius 3 is 2.36 bits per heavy atom. The normalized spacial score (nSPS) is 24.0. The summed E-state index contributed by atoms with van der Waals surface area (Å²) in [6.45, 7) is 0. The van der Waals surface area contributed by atoms with Crippen LogP contribution in [0.1, 0.15) is 15.9 Å². The Morgan fingerprint density at radius 2 is 1.64 bits per heavy atom. The number of nitrogens with zero attached hydrogens (tertiary/aromatic N) is 2. The van der Waals surface area contributed by atoms with E-state index in [-0.39, 0.29) is 11.5 Å². The fourth-order valence-corrected chi connectivity index (χ4v) is 6.22. The highest BCUT2D eigenvalue weighted by molar-refractivity contribution is 9.10. The molecule has 180 valence electrons. The van der Waals surface area contributed by atoms with E-state index in [0.717, 1.165) is 16.2 Å². The predicted octanol–water partition coefficient (Wildman–Crippen LogP) is 4.87. The van der Waals surface area contributed by atoms with Crippen LogP contribution in [-0.2, 0) is 9.59 Å². The number of carbonyl (C=O) groups is 3. The van der Waals surface area contributed by atoms with Gasteiger partial charge in [0.15, 0.2) is 5.78 Å². The summed E-state index contributed by atoms with van der Waals surface area (Å²) >= 11 is 3.43. The third-order valence-electron chi connectivity index (χ3n) is 7.21. The number of anilines is 2. The molecule has 3 heterocycles. The van der Waals surface area contributed by atoms with Gasteiger partial charge >= 0.3 is 0 Å². The Morgan fingerprint density at radius 1 is 0.944 bits per heavy atom. The van der Waals surface area contributed by atoms with E-state index in [9.17, 15) is 18.8 Å². The minimum Gasteiger partial charge on any atom is -0.496 e. The molecule has 0 spiro atoms. The number of para-hydroxylation sites is 2. The van der Waals surface area contributed by atoms with E-state index >= 15 is 0 Å². The van der Waals surface area contributed by atoms with Crippen molar-refractivity contribution in [3.8, 4) is 5.75 Å². The topological polar surface area (TPSA) is 66.9 Å². The molecule has 2 saturated heterocycles. The number of methoxy groups -OCH3 is 1. The van der Waals surface area contributed by atoms with Gasteiger partial charge in [-0.1, -0.05) is 42.5 Å². The molecule has 0 saturated carbocycles. The first-order chi connectivity index (χ1) is 17.4. The smallest absolute Gasteiger partial charge is 0.240 e. The van der Waals surface area contributed by atoms with Crippen LogP contribution in [0.4, 0.5) is 15.8 Å². The van der Waals surface area contributed by atoms with Crippen LogP contribution in [0, 0.1) is 17.7 Å². The Labute approximate surface area is 215 Å². The molecule has 0 unspecified atom stereocenters. The number of hydrogen-bond acceptors (Lipinski definition) is 5. The van der Waals surface area contributed by atoms with Gasteiger partial charge < -0.3 is 9.64 Å². The lowest BCUT2D eigenvalue weighted by molar-refractivity contribution is -0.123. The highest BCUT2D eigenvalue weighted by atomic mass is 79.9. The van der Waals surface area contributed by atoms with Gasteiger partial charge in [0.2, 0.25) is 11.8 Å². The fraction of sp³-hybridized carbons (Fsp3) is 0.179. The minimum absolute atomic E-state index is 0.0907. The van der Waals surface area contributed by atoms with Gasteiger partial charge in [-0.3, -0.25) is 14.4 Å². The maximum atomic E-state index is 14.7. The number of imide groups is 1. The van der Waals surface area contributed by atoms with Crippen LogP contribution in [-0.4, -0.2) is 36.8 Å². The average molecular weight is 547 g/mol. The third kappa shape index (κ3) is 3.17. The number of carbonyl (C=O) groups excluding carboxylic acids is 3. The molecule has 2 fully saturated rings. The summed E-state index contributed by atoms with van der Waals surface area (Å²) in [5, 5.41) is 0. The summed E-state index contributed by atoms with van der Waals surface area (Å²) in [4.78, 5) is 44.4. The van der Waals surface area contributed by atoms with Crippen LogP contribution in [0.3, 0.4) is 0 Å². The molecule has 4 atom stereocenters. The van der Waals surface area contributed by atoms with Gasteiger partial charge in [0.25, 0.3) is 0 Å². The van der Waals surface area contributed by atoms with E-state index in [1.165, 1.54) is 25.3 Å². The molecular weight excluding hydrogens is 527 g/mol. The molecule has 0 bridgehead atoms. The molecule has 3 aliphatic rings. The zero-order valence-corrected chi connectivity index (χ0v) is 20.7. The van der Waals surface area contributed by atoms with Crippen LogP contribution in [0.2, 0.25) is 0 Å².